The van der Waals surface area contributed by atoms with Crippen molar-refractivity contribution < 1.29 is 27.9 Å². The van der Waals surface area contributed by atoms with Crippen LogP contribution in [-0.2, 0) is 15.8 Å². The van der Waals surface area contributed by atoms with Crippen molar-refractivity contribution in [2.75, 3.05) is 11.9 Å². The maximum atomic E-state index is 12.6. The van der Waals surface area contributed by atoms with Gasteiger partial charge in [-0.3, -0.25) is 9.59 Å². The molecule has 0 aromatic heterocycles. The zero-order valence-corrected chi connectivity index (χ0v) is 12.3. The minimum absolute atomic E-state index is 0.136. The van der Waals surface area contributed by atoms with Gasteiger partial charge in [-0.1, -0.05) is 18.5 Å². The quantitative estimate of drug-likeness (QED) is 0.736. The standard InChI is InChI=1S/C13H14ClF3N2O3/c1-2-8(6-20)18-11(21)12(22)19-10-5-7(13(15,16)17)3-4-9(10)14/h3-5,8,20H,2,6H2,1H3,(H,18,21)(H,19,22). The molecule has 1 rings (SSSR count). The Morgan fingerprint density at radius 1 is 1.32 bits per heavy atom. The fraction of sp³-hybridized carbons (Fsp3) is 0.385. The molecule has 0 heterocycles. The third-order valence-corrected chi connectivity index (χ3v) is 3.13. The number of aliphatic hydroxyl groups is 1. The minimum Gasteiger partial charge on any atom is -0.394 e. The van der Waals surface area contributed by atoms with Crippen LogP contribution in [0, 0.1) is 0 Å². The van der Waals surface area contributed by atoms with Crippen LogP contribution in [0.4, 0.5) is 18.9 Å². The lowest BCUT2D eigenvalue weighted by atomic mass is 10.2. The molecule has 0 fully saturated rings. The van der Waals surface area contributed by atoms with E-state index in [1.807, 2.05) is 5.32 Å². The number of carbonyl (C=O) groups is 2. The summed E-state index contributed by atoms with van der Waals surface area (Å²) in [7, 11) is 0. The smallest absolute Gasteiger partial charge is 0.394 e. The fourth-order valence-electron chi connectivity index (χ4n) is 1.50. The topological polar surface area (TPSA) is 78.4 Å². The summed E-state index contributed by atoms with van der Waals surface area (Å²) < 4.78 is 37.8. The van der Waals surface area contributed by atoms with Crippen LogP contribution in [0.25, 0.3) is 0 Å². The molecule has 0 bridgehead atoms. The molecule has 0 saturated carbocycles. The molecule has 1 unspecified atom stereocenters. The van der Waals surface area contributed by atoms with Crippen molar-refractivity contribution in [1.29, 1.82) is 0 Å². The van der Waals surface area contributed by atoms with E-state index in [0.29, 0.717) is 12.5 Å². The molecule has 1 atom stereocenters. The Hall–Kier alpha value is -1.80. The van der Waals surface area contributed by atoms with Crippen molar-refractivity contribution in [2.45, 2.75) is 25.6 Å². The first-order chi connectivity index (χ1) is 10.2. The molecule has 9 heteroatoms. The molecule has 0 saturated heterocycles. The van der Waals surface area contributed by atoms with Gasteiger partial charge < -0.3 is 15.7 Å². The van der Waals surface area contributed by atoms with Crippen molar-refractivity contribution in [2.24, 2.45) is 0 Å². The number of anilines is 1. The third kappa shape index (κ3) is 4.88. The van der Waals surface area contributed by atoms with Crippen LogP contribution in [0.2, 0.25) is 5.02 Å². The lowest BCUT2D eigenvalue weighted by molar-refractivity contribution is -0.137. The number of carbonyl (C=O) groups excluding carboxylic acids is 2. The molecule has 0 radical (unpaired) electrons. The van der Waals surface area contributed by atoms with Gasteiger partial charge in [0.2, 0.25) is 0 Å². The van der Waals surface area contributed by atoms with Crippen molar-refractivity contribution in [1.82, 2.24) is 5.32 Å². The second-order valence-electron chi connectivity index (χ2n) is 4.41. The molecule has 22 heavy (non-hydrogen) atoms. The number of aliphatic hydroxyl groups excluding tert-OH is 1. The summed E-state index contributed by atoms with van der Waals surface area (Å²) in [5.74, 6) is -2.25. The second kappa shape index (κ2) is 7.46. The zero-order valence-electron chi connectivity index (χ0n) is 11.5. The van der Waals surface area contributed by atoms with Crippen LogP contribution >= 0.6 is 11.6 Å². The maximum Gasteiger partial charge on any atom is 0.416 e. The van der Waals surface area contributed by atoms with Gasteiger partial charge in [0, 0.05) is 0 Å². The first kappa shape index (κ1) is 18.2. The van der Waals surface area contributed by atoms with Crippen molar-refractivity contribution in [3.8, 4) is 0 Å². The summed E-state index contributed by atoms with van der Waals surface area (Å²) in [5, 5.41) is 13.0. The summed E-state index contributed by atoms with van der Waals surface area (Å²) in [6.07, 6.45) is -4.21. The molecule has 5 nitrogen and oxygen atoms in total. The van der Waals surface area contributed by atoms with Crippen LogP contribution in [0.5, 0.6) is 0 Å². The van der Waals surface area contributed by atoms with Crippen LogP contribution in [0.1, 0.15) is 18.9 Å². The predicted octanol–water partition coefficient (Wildman–Crippen LogP) is 2.18. The summed E-state index contributed by atoms with van der Waals surface area (Å²) >= 11 is 5.70. The van der Waals surface area contributed by atoms with E-state index in [0.717, 1.165) is 12.1 Å². The highest BCUT2D eigenvalue weighted by molar-refractivity contribution is 6.41. The first-order valence-electron chi connectivity index (χ1n) is 6.28. The molecule has 122 valence electrons. The highest BCUT2D eigenvalue weighted by Gasteiger charge is 2.31. The van der Waals surface area contributed by atoms with E-state index in [1.165, 1.54) is 0 Å². The molecule has 0 aliphatic rings. The number of benzene rings is 1. The van der Waals surface area contributed by atoms with E-state index in [1.54, 1.807) is 6.92 Å². The fourth-order valence-corrected chi connectivity index (χ4v) is 1.67. The maximum absolute atomic E-state index is 12.6. The van der Waals surface area contributed by atoms with Crippen LogP contribution in [0.15, 0.2) is 18.2 Å². The molecular weight excluding hydrogens is 325 g/mol. The largest absolute Gasteiger partial charge is 0.416 e. The molecule has 1 aromatic rings. The molecule has 0 aliphatic heterocycles. The van der Waals surface area contributed by atoms with Gasteiger partial charge in [0.25, 0.3) is 0 Å². The summed E-state index contributed by atoms with van der Waals surface area (Å²) in [6, 6.07) is 1.75. The summed E-state index contributed by atoms with van der Waals surface area (Å²) in [4.78, 5) is 23.2. The van der Waals surface area contributed by atoms with Gasteiger partial charge >= 0.3 is 18.0 Å². The number of rotatable bonds is 4. The zero-order chi connectivity index (χ0) is 16.9. The van der Waals surface area contributed by atoms with Crippen molar-refractivity contribution in [3.63, 3.8) is 0 Å². The third-order valence-electron chi connectivity index (χ3n) is 2.80. The van der Waals surface area contributed by atoms with E-state index in [2.05, 4.69) is 5.32 Å². The summed E-state index contributed by atoms with van der Waals surface area (Å²) in [6.45, 7) is 1.32. The van der Waals surface area contributed by atoms with E-state index >= 15 is 0 Å². The number of amides is 2. The van der Waals surface area contributed by atoms with E-state index < -0.39 is 29.6 Å². The highest BCUT2D eigenvalue weighted by Crippen LogP contribution is 2.33. The molecule has 2 amide bonds. The van der Waals surface area contributed by atoms with Crippen LogP contribution in [-0.4, -0.2) is 29.6 Å². The van der Waals surface area contributed by atoms with Gasteiger partial charge in [0.05, 0.1) is 28.9 Å². The van der Waals surface area contributed by atoms with Crippen molar-refractivity contribution >= 4 is 29.1 Å². The van der Waals surface area contributed by atoms with Gasteiger partial charge in [-0.15, -0.1) is 0 Å². The Morgan fingerprint density at radius 2 is 1.95 bits per heavy atom. The second-order valence-corrected chi connectivity index (χ2v) is 4.81. The monoisotopic (exact) mass is 338 g/mol. The molecular formula is C13H14ClF3N2O3. The lowest BCUT2D eigenvalue weighted by Crippen LogP contribution is -2.43. The Morgan fingerprint density at radius 3 is 2.45 bits per heavy atom. The highest BCUT2D eigenvalue weighted by atomic mass is 35.5. The van der Waals surface area contributed by atoms with Gasteiger partial charge in [0.1, 0.15) is 0 Å². The average molecular weight is 339 g/mol. The number of halogens is 4. The van der Waals surface area contributed by atoms with Crippen LogP contribution in [0.3, 0.4) is 0 Å². The summed E-state index contributed by atoms with van der Waals surface area (Å²) in [5.41, 5.74) is -1.33. The molecule has 0 aliphatic carbocycles. The Balaban J connectivity index is 2.86. The Bertz CT molecular complexity index is 560. The predicted molar refractivity (Wildman–Crippen MR) is 74.4 cm³/mol. The number of hydrogen-bond acceptors (Lipinski definition) is 3. The first-order valence-corrected chi connectivity index (χ1v) is 6.66. The normalized spacial score (nSPS) is 12.6. The Labute approximate surface area is 129 Å². The van der Waals surface area contributed by atoms with Gasteiger partial charge in [-0.2, -0.15) is 13.2 Å². The van der Waals surface area contributed by atoms with Gasteiger partial charge in [-0.05, 0) is 24.6 Å². The van der Waals surface area contributed by atoms with Crippen molar-refractivity contribution in [3.05, 3.63) is 28.8 Å². The molecule has 1 aromatic carbocycles. The van der Waals surface area contributed by atoms with E-state index in [4.69, 9.17) is 16.7 Å². The lowest BCUT2D eigenvalue weighted by Gasteiger charge is -2.14. The number of alkyl halides is 3. The molecule has 3 N–H and O–H groups in total. The Kier molecular flexibility index (Phi) is 6.19. The van der Waals surface area contributed by atoms with Crippen LogP contribution < -0.4 is 10.6 Å². The van der Waals surface area contributed by atoms with Gasteiger partial charge in [0.15, 0.2) is 0 Å². The average Bonchev–Trinajstić information content (AvgIpc) is 2.45. The van der Waals surface area contributed by atoms with Gasteiger partial charge in [-0.25, -0.2) is 0 Å². The SMILES string of the molecule is CCC(CO)NC(=O)C(=O)Nc1cc(C(F)(F)F)ccc1Cl. The van der Waals surface area contributed by atoms with E-state index in [9.17, 15) is 22.8 Å². The number of hydrogen-bond donors (Lipinski definition) is 3. The minimum atomic E-state index is -4.60. The number of nitrogens with one attached hydrogen (secondary N) is 2. The molecule has 0 spiro atoms. The van der Waals surface area contributed by atoms with E-state index in [-0.39, 0.29) is 17.3 Å².